The molecule has 0 bridgehead atoms. The van der Waals surface area contributed by atoms with Crippen LogP contribution in [0.5, 0.6) is 0 Å². The lowest BCUT2D eigenvalue weighted by Gasteiger charge is -1.97. The Labute approximate surface area is 95.5 Å². The summed E-state index contributed by atoms with van der Waals surface area (Å²) >= 11 is 13.2. The summed E-state index contributed by atoms with van der Waals surface area (Å²) in [6.07, 6.45) is 0. The highest BCUT2D eigenvalue weighted by Gasteiger charge is 2.06. The topological polar surface area (TPSA) is 25.8 Å². The van der Waals surface area contributed by atoms with E-state index in [9.17, 15) is 0 Å². The first-order chi connectivity index (χ1) is 6.65. The molecule has 0 aliphatic carbocycles. The molecule has 0 radical (unpaired) electrons. The largest absolute Gasteiger partial charge is 0.240 e. The Kier molecular flexibility index (Phi) is 2.72. The van der Waals surface area contributed by atoms with Crippen molar-refractivity contribution in [1.29, 1.82) is 0 Å². The molecule has 72 valence electrons. The van der Waals surface area contributed by atoms with Gasteiger partial charge in [0.15, 0.2) is 0 Å². The van der Waals surface area contributed by atoms with Crippen LogP contribution in [0.25, 0.3) is 10.7 Å². The number of pyridine rings is 1. The number of aryl methyl sites for hydroxylation is 1. The molecule has 0 saturated carbocycles. The third-order valence-corrected chi connectivity index (χ3v) is 2.99. The normalized spacial score (nSPS) is 10.5. The van der Waals surface area contributed by atoms with Crippen molar-refractivity contribution in [3.63, 3.8) is 0 Å². The third-order valence-electron chi connectivity index (χ3n) is 1.60. The lowest BCUT2D eigenvalue weighted by molar-refractivity contribution is 1.23. The van der Waals surface area contributed by atoms with Crippen LogP contribution in [-0.2, 0) is 0 Å². The molecular weight excluding hydrogens is 239 g/mol. The van der Waals surface area contributed by atoms with Gasteiger partial charge in [-0.15, -0.1) is 11.3 Å². The van der Waals surface area contributed by atoms with E-state index in [0.29, 0.717) is 10.2 Å². The van der Waals surface area contributed by atoms with Crippen LogP contribution in [0.4, 0.5) is 0 Å². The second kappa shape index (κ2) is 3.85. The van der Waals surface area contributed by atoms with Crippen LogP contribution in [0.15, 0.2) is 17.5 Å². The van der Waals surface area contributed by atoms with Gasteiger partial charge in [-0.3, -0.25) is 0 Å². The maximum absolute atomic E-state index is 5.86. The van der Waals surface area contributed by atoms with Gasteiger partial charge in [-0.1, -0.05) is 23.2 Å². The van der Waals surface area contributed by atoms with Gasteiger partial charge in [-0.2, -0.15) is 0 Å². The predicted octanol–water partition coefficient (Wildman–Crippen LogP) is 3.82. The molecule has 0 aromatic carbocycles. The van der Waals surface area contributed by atoms with Crippen LogP contribution in [0, 0.1) is 6.92 Å². The van der Waals surface area contributed by atoms with Crippen molar-refractivity contribution in [2.45, 2.75) is 6.92 Å². The molecule has 0 aliphatic rings. The Morgan fingerprint density at radius 1 is 1.21 bits per heavy atom. The first-order valence-corrected chi connectivity index (χ1v) is 5.54. The Morgan fingerprint density at radius 3 is 2.57 bits per heavy atom. The summed E-state index contributed by atoms with van der Waals surface area (Å²) in [5.41, 5.74) is 1.70. The maximum atomic E-state index is 5.86. The summed E-state index contributed by atoms with van der Waals surface area (Å²) in [4.78, 5) is 8.45. The van der Waals surface area contributed by atoms with Gasteiger partial charge < -0.3 is 0 Å². The first-order valence-electron chi connectivity index (χ1n) is 3.91. The molecular formula is C9H6Cl2N2S. The molecule has 0 unspecified atom stereocenters. The van der Waals surface area contributed by atoms with Crippen molar-refractivity contribution in [2.24, 2.45) is 0 Å². The molecule has 0 N–H and O–H groups in total. The molecule has 0 amide bonds. The van der Waals surface area contributed by atoms with Crippen LogP contribution in [0.3, 0.4) is 0 Å². The highest BCUT2D eigenvalue weighted by molar-refractivity contribution is 7.13. The van der Waals surface area contributed by atoms with Crippen molar-refractivity contribution >= 4 is 34.5 Å². The Hall–Kier alpha value is -0.640. The van der Waals surface area contributed by atoms with Crippen LogP contribution in [0.2, 0.25) is 10.2 Å². The molecule has 0 aliphatic heterocycles. The highest BCUT2D eigenvalue weighted by atomic mass is 35.5. The minimum atomic E-state index is 0.389. The monoisotopic (exact) mass is 244 g/mol. The number of halogens is 2. The minimum Gasteiger partial charge on any atom is -0.240 e. The molecule has 2 nitrogen and oxygen atoms in total. The fourth-order valence-corrected chi connectivity index (χ4v) is 2.27. The van der Waals surface area contributed by atoms with Gasteiger partial charge in [0.2, 0.25) is 0 Å². The Morgan fingerprint density at radius 2 is 2.00 bits per heavy atom. The van der Waals surface area contributed by atoms with Crippen molar-refractivity contribution in [2.75, 3.05) is 0 Å². The molecule has 0 spiro atoms. The molecule has 5 heteroatoms. The zero-order chi connectivity index (χ0) is 10.1. The van der Waals surface area contributed by atoms with Gasteiger partial charge in [0.25, 0.3) is 0 Å². The second-order valence-corrected chi connectivity index (χ2v) is 4.47. The third kappa shape index (κ3) is 2.05. The molecule has 2 rings (SSSR count). The highest BCUT2D eigenvalue weighted by Crippen LogP contribution is 2.26. The summed E-state index contributed by atoms with van der Waals surface area (Å²) in [7, 11) is 0. The number of aromatic nitrogens is 2. The second-order valence-electron chi connectivity index (χ2n) is 2.79. The summed E-state index contributed by atoms with van der Waals surface area (Å²) in [5.74, 6) is 0. The van der Waals surface area contributed by atoms with Crippen molar-refractivity contribution in [3.05, 3.63) is 33.4 Å². The SMILES string of the molecule is Cc1csc(-c2cc(Cl)cc(Cl)n2)n1. The lowest BCUT2D eigenvalue weighted by Crippen LogP contribution is -1.83. The van der Waals surface area contributed by atoms with Gasteiger partial charge >= 0.3 is 0 Å². The Balaban J connectivity index is 2.51. The lowest BCUT2D eigenvalue weighted by atomic mass is 10.3. The maximum Gasteiger partial charge on any atom is 0.142 e. The first kappa shape index (κ1) is 9.90. The van der Waals surface area contributed by atoms with E-state index < -0.39 is 0 Å². The van der Waals surface area contributed by atoms with Crippen molar-refractivity contribution < 1.29 is 0 Å². The van der Waals surface area contributed by atoms with Gasteiger partial charge in [-0.25, -0.2) is 9.97 Å². The number of hydrogen-bond donors (Lipinski definition) is 0. The van der Waals surface area contributed by atoms with E-state index in [-0.39, 0.29) is 0 Å². The minimum absolute atomic E-state index is 0.389. The molecule has 0 atom stereocenters. The van der Waals surface area contributed by atoms with Crippen LogP contribution in [0.1, 0.15) is 5.69 Å². The van der Waals surface area contributed by atoms with Crippen molar-refractivity contribution in [1.82, 2.24) is 9.97 Å². The van der Waals surface area contributed by atoms with E-state index in [1.54, 1.807) is 12.1 Å². The van der Waals surface area contributed by atoms with Crippen molar-refractivity contribution in [3.8, 4) is 10.7 Å². The molecule has 2 aromatic heterocycles. The van der Waals surface area contributed by atoms with Gasteiger partial charge in [-0.05, 0) is 19.1 Å². The van der Waals surface area contributed by atoms with E-state index in [1.807, 2.05) is 12.3 Å². The fraction of sp³-hybridized carbons (Fsp3) is 0.111. The van der Waals surface area contributed by atoms with Crippen LogP contribution >= 0.6 is 34.5 Å². The van der Waals surface area contributed by atoms with E-state index in [2.05, 4.69) is 9.97 Å². The predicted molar refractivity (Wildman–Crippen MR) is 60.1 cm³/mol. The molecule has 2 heterocycles. The van der Waals surface area contributed by atoms with Gasteiger partial charge in [0, 0.05) is 16.1 Å². The molecule has 14 heavy (non-hydrogen) atoms. The van der Waals surface area contributed by atoms with Gasteiger partial charge in [0.1, 0.15) is 15.9 Å². The average molecular weight is 245 g/mol. The molecule has 0 saturated heterocycles. The number of rotatable bonds is 1. The summed E-state index contributed by atoms with van der Waals surface area (Å²) in [6.45, 7) is 1.94. The van der Waals surface area contributed by atoms with E-state index >= 15 is 0 Å². The zero-order valence-electron chi connectivity index (χ0n) is 7.29. The van der Waals surface area contributed by atoms with Gasteiger partial charge in [0.05, 0.1) is 0 Å². The average Bonchev–Trinajstić information content (AvgIpc) is 2.50. The van der Waals surface area contributed by atoms with E-state index in [4.69, 9.17) is 23.2 Å². The molecule has 2 aromatic rings. The summed E-state index contributed by atoms with van der Waals surface area (Å²) in [6, 6.07) is 3.36. The summed E-state index contributed by atoms with van der Waals surface area (Å²) in [5, 5.41) is 3.77. The van der Waals surface area contributed by atoms with Crippen LogP contribution < -0.4 is 0 Å². The van der Waals surface area contributed by atoms with E-state index in [1.165, 1.54) is 11.3 Å². The smallest absolute Gasteiger partial charge is 0.142 e. The number of hydrogen-bond acceptors (Lipinski definition) is 3. The Bertz CT molecular complexity index is 447. The standard InChI is InChI=1S/C9H6Cl2N2S/c1-5-4-14-9(12-5)7-2-6(10)3-8(11)13-7/h2-4H,1H3. The zero-order valence-corrected chi connectivity index (χ0v) is 9.62. The number of nitrogens with zero attached hydrogens (tertiary/aromatic N) is 2. The van der Waals surface area contributed by atoms with E-state index in [0.717, 1.165) is 16.4 Å². The molecule has 0 fully saturated rings. The quantitative estimate of drug-likeness (QED) is 0.713. The van der Waals surface area contributed by atoms with Crippen LogP contribution in [-0.4, -0.2) is 9.97 Å². The number of thiazole rings is 1. The summed E-state index contributed by atoms with van der Waals surface area (Å²) < 4.78 is 0. The fourth-order valence-electron chi connectivity index (χ4n) is 1.05.